The number of hydrogen-bond donors (Lipinski definition) is 0. The minimum absolute atomic E-state index is 0.215. The van der Waals surface area contributed by atoms with Crippen LogP contribution in [0.1, 0.15) is 26.2 Å². The Morgan fingerprint density at radius 3 is 2.38 bits per heavy atom. The van der Waals surface area contributed by atoms with Crippen molar-refractivity contribution in [3.63, 3.8) is 0 Å². The summed E-state index contributed by atoms with van der Waals surface area (Å²) in [5.74, 6) is -0.549. The van der Waals surface area contributed by atoms with Crippen LogP contribution in [0.25, 0.3) is 0 Å². The summed E-state index contributed by atoms with van der Waals surface area (Å²) in [6.07, 6.45) is 2.27. The molecule has 0 N–H and O–H groups in total. The number of nitrogens with zero attached hydrogens (tertiary/aromatic N) is 2. The van der Waals surface area contributed by atoms with Crippen LogP contribution >= 0.6 is 11.6 Å². The van der Waals surface area contributed by atoms with Gasteiger partial charge in [0.2, 0.25) is 15.9 Å². The summed E-state index contributed by atoms with van der Waals surface area (Å²) in [5, 5.41) is 0.329. The number of sulfonamides is 1. The highest BCUT2D eigenvalue weighted by atomic mass is 35.5. The fourth-order valence-electron chi connectivity index (χ4n) is 3.57. The van der Waals surface area contributed by atoms with E-state index in [1.807, 2.05) is 0 Å². The standard InChI is InChI=1S/C19H27ClN2O6S/c1-5-15(18(23)21-10-8-13(9-11-21)19(24)28-3)22(29(4,25)26)16-12-14(20)6-7-17(16)27-2/h6-7,12-13,15H,5,8-11H2,1-4H3. The maximum absolute atomic E-state index is 13.3. The van der Waals surface area contributed by atoms with Crippen molar-refractivity contribution in [2.24, 2.45) is 5.92 Å². The van der Waals surface area contributed by atoms with Gasteiger partial charge >= 0.3 is 5.97 Å². The molecule has 29 heavy (non-hydrogen) atoms. The number of benzene rings is 1. The van der Waals surface area contributed by atoms with Crippen LogP contribution in [-0.4, -0.2) is 64.8 Å². The Kier molecular flexibility index (Phi) is 7.76. The highest BCUT2D eigenvalue weighted by Gasteiger charge is 2.37. The van der Waals surface area contributed by atoms with Gasteiger partial charge in [-0.25, -0.2) is 8.42 Å². The number of carbonyl (C=O) groups excluding carboxylic acids is 2. The first-order valence-electron chi connectivity index (χ1n) is 9.33. The predicted molar refractivity (Wildman–Crippen MR) is 111 cm³/mol. The van der Waals surface area contributed by atoms with Gasteiger partial charge in [-0.05, 0) is 37.5 Å². The lowest BCUT2D eigenvalue weighted by molar-refractivity contribution is -0.149. The molecule has 0 aliphatic carbocycles. The third-order valence-corrected chi connectivity index (χ3v) is 6.43. The quantitative estimate of drug-likeness (QED) is 0.596. The molecular formula is C19H27ClN2O6S. The van der Waals surface area contributed by atoms with Crippen LogP contribution in [0.15, 0.2) is 18.2 Å². The molecule has 162 valence electrons. The number of amides is 1. The summed E-state index contributed by atoms with van der Waals surface area (Å²) in [4.78, 5) is 26.6. The van der Waals surface area contributed by atoms with Crippen LogP contribution in [0.3, 0.4) is 0 Å². The van der Waals surface area contributed by atoms with Crippen LogP contribution < -0.4 is 9.04 Å². The van der Waals surface area contributed by atoms with Gasteiger partial charge in [0.05, 0.1) is 32.1 Å². The lowest BCUT2D eigenvalue weighted by Gasteiger charge is -2.37. The van der Waals surface area contributed by atoms with Gasteiger partial charge < -0.3 is 14.4 Å². The van der Waals surface area contributed by atoms with Crippen molar-refractivity contribution >= 4 is 39.2 Å². The fourth-order valence-corrected chi connectivity index (χ4v) is 4.93. The number of likely N-dealkylation sites (tertiary alicyclic amines) is 1. The van der Waals surface area contributed by atoms with E-state index in [0.717, 1.165) is 10.6 Å². The van der Waals surface area contributed by atoms with E-state index >= 15 is 0 Å². The summed E-state index contributed by atoms with van der Waals surface area (Å²) in [5.41, 5.74) is 0.215. The number of carbonyl (C=O) groups is 2. The average Bonchev–Trinajstić information content (AvgIpc) is 2.70. The molecule has 0 aromatic heterocycles. The highest BCUT2D eigenvalue weighted by molar-refractivity contribution is 7.92. The molecule has 10 heteroatoms. The van der Waals surface area contributed by atoms with Gasteiger partial charge in [-0.1, -0.05) is 18.5 Å². The van der Waals surface area contributed by atoms with Crippen molar-refractivity contribution in [2.75, 3.05) is 37.9 Å². The van der Waals surface area contributed by atoms with E-state index in [0.29, 0.717) is 36.7 Å². The van der Waals surface area contributed by atoms with Crippen molar-refractivity contribution in [1.29, 1.82) is 0 Å². The van der Waals surface area contributed by atoms with Gasteiger partial charge in [-0.2, -0.15) is 0 Å². The SMILES string of the molecule is CCC(C(=O)N1CCC(C(=O)OC)CC1)N(c1cc(Cl)ccc1OC)S(C)(=O)=O. The molecule has 1 aliphatic rings. The number of halogens is 1. The van der Waals surface area contributed by atoms with E-state index < -0.39 is 16.1 Å². The highest BCUT2D eigenvalue weighted by Crippen LogP contribution is 2.35. The molecule has 0 radical (unpaired) electrons. The van der Waals surface area contributed by atoms with Gasteiger partial charge in [0.25, 0.3) is 0 Å². The molecule has 1 aromatic rings. The number of hydrogen-bond acceptors (Lipinski definition) is 6. The Hall–Kier alpha value is -2.00. The molecule has 1 unspecified atom stereocenters. The molecule has 0 spiro atoms. The Balaban J connectivity index is 2.35. The molecule has 0 bridgehead atoms. The molecule has 0 saturated carbocycles. The third kappa shape index (κ3) is 5.33. The van der Waals surface area contributed by atoms with Gasteiger partial charge in [0.1, 0.15) is 11.8 Å². The van der Waals surface area contributed by atoms with Gasteiger partial charge in [0.15, 0.2) is 0 Å². The first kappa shape index (κ1) is 23.3. The summed E-state index contributed by atoms with van der Waals surface area (Å²) in [6.45, 7) is 2.47. The Morgan fingerprint density at radius 2 is 1.90 bits per heavy atom. The lowest BCUT2D eigenvalue weighted by atomic mass is 9.96. The van der Waals surface area contributed by atoms with E-state index in [1.54, 1.807) is 24.0 Å². The molecule has 1 saturated heterocycles. The number of esters is 1. The van der Waals surface area contributed by atoms with Crippen molar-refractivity contribution in [3.05, 3.63) is 23.2 Å². The van der Waals surface area contributed by atoms with Crippen LogP contribution in [0.4, 0.5) is 5.69 Å². The summed E-state index contributed by atoms with van der Waals surface area (Å²) in [7, 11) is -1.05. The second-order valence-corrected chi connectivity index (χ2v) is 9.22. The van der Waals surface area contributed by atoms with E-state index in [2.05, 4.69) is 0 Å². The third-order valence-electron chi connectivity index (χ3n) is 5.03. The van der Waals surface area contributed by atoms with E-state index in [9.17, 15) is 18.0 Å². The van der Waals surface area contributed by atoms with Crippen LogP contribution in [0.2, 0.25) is 5.02 Å². The second-order valence-electron chi connectivity index (χ2n) is 6.92. The molecule has 8 nitrogen and oxygen atoms in total. The Bertz CT molecular complexity index is 852. The number of methoxy groups -OCH3 is 2. The zero-order chi connectivity index (χ0) is 21.8. The zero-order valence-corrected chi connectivity index (χ0v) is 18.6. The maximum atomic E-state index is 13.3. The molecule has 1 atom stereocenters. The molecule has 1 amide bonds. The van der Waals surface area contributed by atoms with E-state index in [4.69, 9.17) is 21.1 Å². The Morgan fingerprint density at radius 1 is 1.28 bits per heavy atom. The molecule has 2 rings (SSSR count). The molecular weight excluding hydrogens is 420 g/mol. The molecule has 1 heterocycles. The van der Waals surface area contributed by atoms with Crippen molar-refractivity contribution < 1.29 is 27.5 Å². The molecule has 1 aliphatic heterocycles. The van der Waals surface area contributed by atoms with Crippen LogP contribution in [-0.2, 0) is 24.3 Å². The summed E-state index contributed by atoms with van der Waals surface area (Å²) in [6, 6.07) is 3.67. The molecule has 1 fully saturated rings. The number of rotatable bonds is 7. The minimum atomic E-state index is -3.82. The number of anilines is 1. The monoisotopic (exact) mass is 446 g/mol. The fraction of sp³-hybridized carbons (Fsp3) is 0.579. The van der Waals surface area contributed by atoms with Crippen molar-refractivity contribution in [3.8, 4) is 5.75 Å². The number of piperidine rings is 1. The van der Waals surface area contributed by atoms with Gasteiger partial charge in [-0.15, -0.1) is 0 Å². The summed E-state index contributed by atoms with van der Waals surface area (Å²) < 4.78 is 36.5. The zero-order valence-electron chi connectivity index (χ0n) is 17.1. The first-order chi connectivity index (χ1) is 13.6. The van der Waals surface area contributed by atoms with Crippen molar-refractivity contribution in [1.82, 2.24) is 4.90 Å². The topological polar surface area (TPSA) is 93.2 Å². The van der Waals surface area contributed by atoms with Crippen LogP contribution in [0.5, 0.6) is 5.75 Å². The predicted octanol–water partition coefficient (Wildman–Crippen LogP) is 2.30. The maximum Gasteiger partial charge on any atom is 0.308 e. The van der Waals surface area contributed by atoms with Gasteiger partial charge in [0, 0.05) is 18.1 Å². The minimum Gasteiger partial charge on any atom is -0.495 e. The second kappa shape index (κ2) is 9.67. The first-order valence-corrected chi connectivity index (χ1v) is 11.6. The average molecular weight is 447 g/mol. The lowest BCUT2D eigenvalue weighted by Crippen LogP contribution is -2.53. The number of ether oxygens (including phenoxy) is 2. The van der Waals surface area contributed by atoms with Crippen LogP contribution in [0, 0.1) is 5.92 Å². The largest absolute Gasteiger partial charge is 0.495 e. The van der Waals surface area contributed by atoms with Crippen molar-refractivity contribution in [2.45, 2.75) is 32.2 Å². The van der Waals surface area contributed by atoms with Gasteiger partial charge in [-0.3, -0.25) is 13.9 Å². The molecule has 1 aromatic carbocycles. The Labute approximate surface area is 176 Å². The normalized spacial score (nSPS) is 16.2. The van der Waals surface area contributed by atoms with E-state index in [1.165, 1.54) is 20.3 Å². The van der Waals surface area contributed by atoms with E-state index in [-0.39, 0.29) is 29.9 Å². The smallest absolute Gasteiger partial charge is 0.308 e. The summed E-state index contributed by atoms with van der Waals surface area (Å²) >= 11 is 6.09.